The molecule has 2 nitrogen and oxygen atoms in total. The molecule has 0 N–H and O–H groups in total. The third kappa shape index (κ3) is 3.17. The Kier molecular flexibility index (Phi) is 4.35. The molecular weight excluding hydrogens is 230 g/mol. The number of piperidine rings is 1. The number of hydrogen-bond acceptors (Lipinski definition) is 3. The molecule has 1 atom stereocenters. The van der Waals surface area contributed by atoms with Gasteiger partial charge < -0.3 is 0 Å². The van der Waals surface area contributed by atoms with Gasteiger partial charge in [0.25, 0.3) is 0 Å². The van der Waals surface area contributed by atoms with E-state index in [1.165, 1.54) is 24.1 Å². The van der Waals surface area contributed by atoms with Crippen LogP contribution in [-0.4, -0.2) is 29.8 Å². The Hall–Kier alpha value is -0.670. The summed E-state index contributed by atoms with van der Waals surface area (Å²) in [6.45, 7) is 6.05. The third-order valence-corrected chi connectivity index (χ3v) is 4.84. The van der Waals surface area contributed by atoms with E-state index in [1.54, 1.807) is 11.3 Å². The predicted octanol–water partition coefficient (Wildman–Crippen LogP) is 3.37. The molecular formula is C14H21NOS. The molecule has 1 saturated heterocycles. The molecule has 0 aromatic carbocycles. The highest BCUT2D eigenvalue weighted by Crippen LogP contribution is 2.20. The highest BCUT2D eigenvalue weighted by Gasteiger charge is 2.21. The summed E-state index contributed by atoms with van der Waals surface area (Å²) in [5.74, 6) is 0.295. The average Bonchev–Trinajstić information content (AvgIpc) is 2.81. The number of carbonyl (C=O) groups is 1. The van der Waals surface area contributed by atoms with Gasteiger partial charge in [0.2, 0.25) is 0 Å². The van der Waals surface area contributed by atoms with Crippen LogP contribution in [0.4, 0.5) is 0 Å². The van der Waals surface area contributed by atoms with Crippen molar-refractivity contribution in [2.24, 2.45) is 0 Å². The van der Waals surface area contributed by atoms with Gasteiger partial charge in [0.1, 0.15) is 0 Å². The van der Waals surface area contributed by atoms with Crippen LogP contribution in [0.15, 0.2) is 12.1 Å². The first kappa shape index (κ1) is 12.8. The predicted molar refractivity (Wildman–Crippen MR) is 72.9 cm³/mol. The van der Waals surface area contributed by atoms with Gasteiger partial charge in [-0.05, 0) is 44.9 Å². The molecule has 0 amide bonds. The molecule has 1 unspecified atom stereocenters. The average molecular weight is 251 g/mol. The first-order valence-corrected chi connectivity index (χ1v) is 7.38. The fourth-order valence-electron chi connectivity index (χ4n) is 2.37. The summed E-state index contributed by atoms with van der Waals surface area (Å²) in [6, 6.07) is 4.64. The number of hydrogen-bond donors (Lipinski definition) is 0. The first-order valence-electron chi connectivity index (χ1n) is 6.56. The van der Waals surface area contributed by atoms with Gasteiger partial charge in [-0.2, -0.15) is 0 Å². The molecule has 3 heteroatoms. The Bertz CT molecular complexity index is 385. The van der Waals surface area contributed by atoms with E-state index in [9.17, 15) is 4.79 Å². The highest BCUT2D eigenvalue weighted by atomic mass is 32.1. The van der Waals surface area contributed by atoms with Crippen LogP contribution in [0.2, 0.25) is 0 Å². The lowest BCUT2D eigenvalue weighted by Gasteiger charge is -2.32. The van der Waals surface area contributed by atoms with E-state index in [0.717, 1.165) is 17.8 Å². The maximum Gasteiger partial charge on any atom is 0.186 e. The van der Waals surface area contributed by atoms with Crippen LogP contribution in [0.25, 0.3) is 0 Å². The largest absolute Gasteiger partial charge is 0.293 e. The van der Waals surface area contributed by atoms with Crippen LogP contribution in [-0.2, 0) is 6.42 Å². The van der Waals surface area contributed by atoms with E-state index in [0.29, 0.717) is 18.4 Å². The van der Waals surface area contributed by atoms with Gasteiger partial charge in [-0.1, -0.05) is 13.3 Å². The molecule has 1 aliphatic rings. The smallest absolute Gasteiger partial charge is 0.186 e. The van der Waals surface area contributed by atoms with Crippen molar-refractivity contribution in [1.29, 1.82) is 0 Å². The Morgan fingerprint density at radius 1 is 1.47 bits per heavy atom. The number of aryl methyl sites for hydroxylation is 1. The van der Waals surface area contributed by atoms with Crippen LogP contribution in [0.3, 0.4) is 0 Å². The monoisotopic (exact) mass is 251 g/mol. The molecule has 0 spiro atoms. The van der Waals surface area contributed by atoms with Crippen molar-refractivity contribution in [3.63, 3.8) is 0 Å². The second kappa shape index (κ2) is 5.78. The minimum absolute atomic E-state index is 0.295. The number of thiophene rings is 1. The molecule has 94 valence electrons. The summed E-state index contributed by atoms with van der Waals surface area (Å²) < 4.78 is 0. The van der Waals surface area contributed by atoms with Gasteiger partial charge in [-0.15, -0.1) is 11.3 Å². The SMILES string of the molecule is CCc1ccc(C(=O)CN2CCCCC2C)s1. The molecule has 0 bridgehead atoms. The lowest BCUT2D eigenvalue weighted by Crippen LogP contribution is -2.40. The maximum atomic E-state index is 12.2. The van der Waals surface area contributed by atoms with Crippen molar-refractivity contribution in [2.75, 3.05) is 13.1 Å². The molecule has 0 aliphatic carbocycles. The van der Waals surface area contributed by atoms with E-state index in [4.69, 9.17) is 0 Å². The van der Waals surface area contributed by atoms with Gasteiger partial charge >= 0.3 is 0 Å². The maximum absolute atomic E-state index is 12.2. The Balaban J connectivity index is 1.96. The molecule has 0 saturated carbocycles. The lowest BCUT2D eigenvalue weighted by atomic mass is 10.0. The number of carbonyl (C=O) groups excluding carboxylic acids is 1. The van der Waals surface area contributed by atoms with E-state index in [-0.39, 0.29) is 0 Å². The Morgan fingerprint density at radius 3 is 2.94 bits per heavy atom. The molecule has 1 aromatic rings. The topological polar surface area (TPSA) is 20.3 Å². The minimum atomic E-state index is 0.295. The summed E-state index contributed by atoms with van der Waals surface area (Å²) in [5, 5.41) is 0. The van der Waals surface area contributed by atoms with Gasteiger partial charge in [0.05, 0.1) is 11.4 Å². The zero-order valence-corrected chi connectivity index (χ0v) is 11.6. The number of likely N-dealkylation sites (tertiary alicyclic amines) is 1. The molecule has 2 rings (SSSR count). The van der Waals surface area contributed by atoms with Crippen LogP contribution < -0.4 is 0 Å². The number of nitrogens with zero attached hydrogens (tertiary/aromatic N) is 1. The van der Waals surface area contributed by atoms with Crippen molar-refractivity contribution in [3.05, 3.63) is 21.9 Å². The van der Waals surface area contributed by atoms with Gasteiger partial charge in [-0.3, -0.25) is 9.69 Å². The summed E-state index contributed by atoms with van der Waals surface area (Å²) in [7, 11) is 0. The minimum Gasteiger partial charge on any atom is -0.293 e. The van der Waals surface area contributed by atoms with Crippen LogP contribution >= 0.6 is 11.3 Å². The molecule has 1 aromatic heterocycles. The summed E-state index contributed by atoms with van der Waals surface area (Å²) in [6.07, 6.45) is 4.81. The summed E-state index contributed by atoms with van der Waals surface area (Å²) >= 11 is 1.65. The first-order chi connectivity index (χ1) is 8.20. The van der Waals surface area contributed by atoms with Gasteiger partial charge in [0, 0.05) is 10.9 Å². The van der Waals surface area contributed by atoms with Crippen LogP contribution in [0.1, 0.15) is 47.7 Å². The van der Waals surface area contributed by atoms with Crippen molar-refractivity contribution in [2.45, 2.75) is 45.6 Å². The fraction of sp³-hybridized carbons (Fsp3) is 0.643. The second-order valence-corrected chi connectivity index (χ2v) is 6.03. The lowest BCUT2D eigenvalue weighted by molar-refractivity contribution is 0.0864. The number of ketones is 1. The quantitative estimate of drug-likeness (QED) is 0.765. The van der Waals surface area contributed by atoms with Crippen molar-refractivity contribution in [1.82, 2.24) is 4.90 Å². The zero-order chi connectivity index (χ0) is 12.3. The van der Waals surface area contributed by atoms with Crippen molar-refractivity contribution in [3.8, 4) is 0 Å². The van der Waals surface area contributed by atoms with Gasteiger partial charge in [0.15, 0.2) is 5.78 Å². The van der Waals surface area contributed by atoms with E-state index >= 15 is 0 Å². The van der Waals surface area contributed by atoms with Crippen molar-refractivity contribution >= 4 is 17.1 Å². The molecule has 0 radical (unpaired) electrons. The fourth-order valence-corrected chi connectivity index (χ4v) is 3.25. The number of rotatable bonds is 4. The highest BCUT2D eigenvalue weighted by molar-refractivity contribution is 7.14. The van der Waals surface area contributed by atoms with E-state index in [2.05, 4.69) is 24.8 Å². The van der Waals surface area contributed by atoms with Crippen LogP contribution in [0.5, 0.6) is 0 Å². The normalized spacial score (nSPS) is 21.6. The molecule has 1 fully saturated rings. The summed E-state index contributed by atoms with van der Waals surface area (Å²) in [4.78, 5) is 16.7. The molecule has 1 aliphatic heterocycles. The second-order valence-electron chi connectivity index (χ2n) is 4.86. The summed E-state index contributed by atoms with van der Waals surface area (Å²) in [5.41, 5.74) is 0. The van der Waals surface area contributed by atoms with E-state index in [1.807, 2.05) is 6.07 Å². The molecule has 17 heavy (non-hydrogen) atoms. The molecule has 2 heterocycles. The Labute approximate surface area is 108 Å². The third-order valence-electron chi connectivity index (χ3n) is 3.57. The zero-order valence-electron chi connectivity index (χ0n) is 10.7. The van der Waals surface area contributed by atoms with Crippen LogP contribution in [0, 0.1) is 0 Å². The van der Waals surface area contributed by atoms with E-state index < -0.39 is 0 Å². The van der Waals surface area contributed by atoms with Crippen molar-refractivity contribution < 1.29 is 4.79 Å². The Morgan fingerprint density at radius 2 is 2.29 bits per heavy atom. The standard InChI is InChI=1S/C14H21NOS/c1-3-12-7-8-14(17-12)13(16)10-15-9-5-4-6-11(15)2/h7-8,11H,3-6,9-10H2,1-2H3. The van der Waals surface area contributed by atoms with Gasteiger partial charge in [-0.25, -0.2) is 0 Å². The number of Topliss-reactive ketones (excluding diaryl/α,β-unsaturated/α-hetero) is 1.